The van der Waals surface area contributed by atoms with Crippen LogP contribution in [0, 0.1) is 0 Å². The number of aryl methyl sites for hydroxylation is 1. The van der Waals surface area contributed by atoms with Crippen molar-refractivity contribution in [2.24, 2.45) is 0 Å². The van der Waals surface area contributed by atoms with Crippen molar-refractivity contribution < 1.29 is 4.52 Å². The van der Waals surface area contributed by atoms with Gasteiger partial charge in [0.25, 0.3) is 0 Å². The predicted octanol–water partition coefficient (Wildman–Crippen LogP) is 5.06. The highest BCUT2D eigenvalue weighted by molar-refractivity contribution is 5.76. The van der Waals surface area contributed by atoms with Gasteiger partial charge in [0.2, 0.25) is 0 Å². The van der Waals surface area contributed by atoms with Gasteiger partial charge in [0.1, 0.15) is 12.0 Å². The van der Waals surface area contributed by atoms with E-state index in [1.54, 1.807) is 6.26 Å². The molecule has 3 aromatic rings. The van der Waals surface area contributed by atoms with Gasteiger partial charge in [-0.3, -0.25) is 0 Å². The first-order chi connectivity index (χ1) is 11.4. The zero-order valence-corrected chi connectivity index (χ0v) is 13.5. The Labute approximate surface area is 137 Å². The van der Waals surface area contributed by atoms with Gasteiger partial charge < -0.3 is 4.52 Å². The quantitative estimate of drug-likeness (QED) is 0.495. The summed E-state index contributed by atoms with van der Waals surface area (Å²) in [6.07, 6.45) is 7.39. The molecule has 0 amide bonds. The van der Waals surface area contributed by atoms with Gasteiger partial charge in [-0.1, -0.05) is 68.3 Å². The Hall–Kier alpha value is -2.42. The van der Waals surface area contributed by atoms with Crippen molar-refractivity contribution in [3.63, 3.8) is 0 Å². The van der Waals surface area contributed by atoms with E-state index in [9.17, 15) is 0 Å². The van der Waals surface area contributed by atoms with Crippen LogP contribution in [-0.2, 0) is 12.8 Å². The molecule has 3 nitrogen and oxygen atoms in total. The van der Waals surface area contributed by atoms with Crippen LogP contribution in [0.15, 0.2) is 59.3 Å². The fourth-order valence-electron chi connectivity index (χ4n) is 2.93. The van der Waals surface area contributed by atoms with E-state index in [0.717, 1.165) is 18.5 Å². The molecule has 1 aliphatic carbocycles. The van der Waals surface area contributed by atoms with Crippen LogP contribution in [0.4, 0.5) is 0 Å². The lowest BCUT2D eigenvalue weighted by Gasteiger charge is -1.98. The van der Waals surface area contributed by atoms with E-state index < -0.39 is 0 Å². The van der Waals surface area contributed by atoms with Gasteiger partial charge in [0.05, 0.1) is 0 Å². The first-order valence-electron chi connectivity index (χ1n) is 8.30. The standard InChI is InChI=1S/C13H10.C7H12N2O/c1-3-7-12-10(5-1)9-11-6-2-4-8-13(11)12;1-2-3-4-5-7-6-10-9-8-7/h1-8H,9H2;6H,2-5H2,1H3. The molecule has 0 fully saturated rings. The van der Waals surface area contributed by atoms with Gasteiger partial charge in [-0.25, -0.2) is 0 Å². The molecule has 1 aliphatic rings. The van der Waals surface area contributed by atoms with E-state index in [4.69, 9.17) is 0 Å². The number of unbranched alkanes of at least 4 members (excludes halogenated alkanes) is 2. The van der Waals surface area contributed by atoms with E-state index in [2.05, 4.69) is 70.3 Å². The Morgan fingerprint density at radius 2 is 1.57 bits per heavy atom. The third-order valence-corrected chi connectivity index (χ3v) is 4.15. The molecular formula is C20H22N2O. The average molecular weight is 306 g/mol. The maximum Gasteiger partial charge on any atom is 0.147 e. The Bertz CT molecular complexity index is 691. The lowest BCUT2D eigenvalue weighted by molar-refractivity contribution is 0.392. The van der Waals surface area contributed by atoms with Crippen LogP contribution in [0.1, 0.15) is 43.0 Å². The molecule has 0 spiro atoms. The van der Waals surface area contributed by atoms with Crippen molar-refractivity contribution >= 4 is 0 Å². The van der Waals surface area contributed by atoms with Gasteiger partial charge in [-0.15, -0.1) is 5.10 Å². The molecule has 0 saturated heterocycles. The zero-order valence-electron chi connectivity index (χ0n) is 13.5. The monoisotopic (exact) mass is 306 g/mol. The smallest absolute Gasteiger partial charge is 0.147 e. The number of hydrogen-bond acceptors (Lipinski definition) is 3. The molecule has 0 unspecified atom stereocenters. The minimum Gasteiger partial charge on any atom is -0.345 e. The average Bonchev–Trinajstić information content (AvgIpc) is 3.23. The number of benzene rings is 2. The Morgan fingerprint density at radius 1 is 0.913 bits per heavy atom. The first-order valence-corrected chi connectivity index (χ1v) is 8.30. The van der Waals surface area contributed by atoms with Crippen molar-refractivity contribution in [2.75, 3.05) is 0 Å². The third kappa shape index (κ3) is 3.86. The molecule has 0 radical (unpaired) electrons. The topological polar surface area (TPSA) is 38.9 Å². The minimum atomic E-state index is 0.966. The summed E-state index contributed by atoms with van der Waals surface area (Å²) in [5.41, 5.74) is 6.72. The molecular weight excluding hydrogens is 284 g/mol. The van der Waals surface area contributed by atoms with Crippen LogP contribution < -0.4 is 0 Å². The molecule has 0 aliphatic heterocycles. The summed E-state index contributed by atoms with van der Waals surface area (Å²) < 4.78 is 4.58. The predicted molar refractivity (Wildman–Crippen MR) is 92.2 cm³/mol. The fraction of sp³-hybridized carbons (Fsp3) is 0.300. The van der Waals surface area contributed by atoms with E-state index >= 15 is 0 Å². The molecule has 4 rings (SSSR count). The SMILES string of the molecule is CCCCCc1conn1.c1ccc2c(c1)Cc1ccccc1-2. The molecule has 2 aromatic carbocycles. The summed E-state index contributed by atoms with van der Waals surface area (Å²) in [5.74, 6) is 0. The lowest BCUT2D eigenvalue weighted by atomic mass is 10.1. The summed E-state index contributed by atoms with van der Waals surface area (Å²) in [6.45, 7) is 2.18. The maximum absolute atomic E-state index is 4.58. The normalized spacial score (nSPS) is 11.3. The van der Waals surface area contributed by atoms with Gasteiger partial charge in [-0.2, -0.15) is 0 Å². The number of hydrogen-bond donors (Lipinski definition) is 0. The van der Waals surface area contributed by atoms with Crippen LogP contribution in [0.2, 0.25) is 0 Å². The van der Waals surface area contributed by atoms with Crippen molar-refractivity contribution in [1.82, 2.24) is 10.4 Å². The van der Waals surface area contributed by atoms with E-state index in [1.165, 1.54) is 41.5 Å². The minimum absolute atomic E-state index is 0.966. The van der Waals surface area contributed by atoms with E-state index in [0.29, 0.717) is 0 Å². The molecule has 0 saturated carbocycles. The Morgan fingerprint density at radius 3 is 2.13 bits per heavy atom. The van der Waals surface area contributed by atoms with Crippen molar-refractivity contribution in [2.45, 2.75) is 39.0 Å². The van der Waals surface area contributed by atoms with Crippen molar-refractivity contribution in [1.29, 1.82) is 0 Å². The van der Waals surface area contributed by atoms with Gasteiger partial charge in [-0.05, 0) is 41.5 Å². The Kier molecular flexibility index (Phi) is 5.20. The second kappa shape index (κ2) is 7.73. The molecule has 0 N–H and O–H groups in total. The van der Waals surface area contributed by atoms with Crippen LogP contribution in [0.3, 0.4) is 0 Å². The van der Waals surface area contributed by atoms with Gasteiger partial charge in [0.15, 0.2) is 0 Å². The molecule has 118 valence electrons. The van der Waals surface area contributed by atoms with E-state index in [1.807, 2.05) is 0 Å². The molecule has 1 aromatic heterocycles. The highest BCUT2D eigenvalue weighted by Crippen LogP contribution is 2.35. The molecule has 23 heavy (non-hydrogen) atoms. The van der Waals surface area contributed by atoms with Crippen molar-refractivity contribution in [3.05, 3.63) is 71.6 Å². The Balaban J connectivity index is 0.000000142. The lowest BCUT2D eigenvalue weighted by Crippen LogP contribution is -1.84. The van der Waals surface area contributed by atoms with Gasteiger partial charge >= 0.3 is 0 Å². The summed E-state index contributed by atoms with van der Waals surface area (Å²) in [5, 5.41) is 7.15. The number of nitrogens with zero attached hydrogens (tertiary/aromatic N) is 2. The molecule has 1 heterocycles. The summed E-state index contributed by atoms with van der Waals surface area (Å²) in [7, 11) is 0. The van der Waals surface area contributed by atoms with Gasteiger partial charge in [0, 0.05) is 5.27 Å². The van der Waals surface area contributed by atoms with Crippen molar-refractivity contribution in [3.8, 4) is 11.1 Å². The second-order valence-corrected chi connectivity index (χ2v) is 5.84. The second-order valence-electron chi connectivity index (χ2n) is 5.84. The molecule has 3 heteroatoms. The summed E-state index contributed by atoms with van der Waals surface area (Å²) in [4.78, 5) is 0. The highest BCUT2D eigenvalue weighted by Gasteiger charge is 2.15. The number of rotatable bonds is 4. The van der Waals surface area contributed by atoms with Crippen LogP contribution in [0.25, 0.3) is 11.1 Å². The largest absolute Gasteiger partial charge is 0.345 e. The van der Waals surface area contributed by atoms with Crippen LogP contribution >= 0.6 is 0 Å². The first kappa shape index (κ1) is 15.5. The van der Waals surface area contributed by atoms with Crippen LogP contribution in [0.5, 0.6) is 0 Å². The number of fused-ring (bicyclic) bond motifs is 3. The van der Waals surface area contributed by atoms with E-state index in [-0.39, 0.29) is 0 Å². The molecule has 0 atom stereocenters. The third-order valence-electron chi connectivity index (χ3n) is 4.15. The maximum atomic E-state index is 4.58. The zero-order chi connectivity index (χ0) is 15.9. The summed E-state index contributed by atoms with van der Waals surface area (Å²) >= 11 is 0. The van der Waals surface area contributed by atoms with Crippen LogP contribution in [-0.4, -0.2) is 10.4 Å². The molecule has 0 bridgehead atoms. The highest BCUT2D eigenvalue weighted by atomic mass is 16.5. The fourth-order valence-corrected chi connectivity index (χ4v) is 2.93. The summed E-state index contributed by atoms with van der Waals surface area (Å²) in [6, 6.07) is 17.3. The number of aromatic nitrogens is 2.